The Balaban J connectivity index is 1.61. The Morgan fingerprint density at radius 1 is 1.34 bits per heavy atom. The zero-order valence-corrected chi connectivity index (χ0v) is 19.0. The maximum absolute atomic E-state index is 13.0. The normalized spacial score (nSPS) is 20.0. The Kier molecular flexibility index (Phi) is 6.63. The summed E-state index contributed by atoms with van der Waals surface area (Å²) in [6, 6.07) is 5.57. The third kappa shape index (κ3) is 5.20. The zero-order chi connectivity index (χ0) is 22.7. The minimum Gasteiger partial charge on any atom is -0.382 e. The van der Waals surface area contributed by atoms with Crippen LogP contribution in [0.25, 0.3) is 5.57 Å². The summed E-state index contributed by atoms with van der Waals surface area (Å²) in [5, 5.41) is 6.17. The van der Waals surface area contributed by atoms with Gasteiger partial charge in [-0.2, -0.15) is 4.31 Å². The fraction of sp³-hybridized carbons (Fsp3) is 0.455. The van der Waals surface area contributed by atoms with E-state index in [0.29, 0.717) is 30.9 Å². The number of hydrogen-bond acceptors (Lipinski definition) is 6. The SMILES string of the molecule is C[C@@H]1CN(S(=O)(=O)Cc2ccc(NC(=O)c3nc(N)c[nH]3)c(C3=CCCCC3)c2)CCN1. The molecule has 0 bridgehead atoms. The maximum Gasteiger partial charge on any atom is 0.291 e. The summed E-state index contributed by atoms with van der Waals surface area (Å²) in [4.78, 5) is 19.4. The summed E-state index contributed by atoms with van der Waals surface area (Å²) >= 11 is 0. The van der Waals surface area contributed by atoms with E-state index in [1.807, 2.05) is 13.0 Å². The lowest BCUT2D eigenvalue weighted by molar-refractivity contribution is 0.101. The third-order valence-electron chi connectivity index (χ3n) is 5.86. The lowest BCUT2D eigenvalue weighted by Crippen LogP contribution is -2.51. The van der Waals surface area contributed by atoms with Crippen molar-refractivity contribution in [2.45, 2.75) is 44.4 Å². The lowest BCUT2D eigenvalue weighted by Gasteiger charge is -2.31. The first-order valence-corrected chi connectivity index (χ1v) is 12.6. The minimum atomic E-state index is -3.44. The number of rotatable bonds is 6. The molecular formula is C22H30N6O3S. The lowest BCUT2D eigenvalue weighted by atomic mass is 9.91. The second-order valence-corrected chi connectivity index (χ2v) is 10.4. The quantitative estimate of drug-likeness (QED) is 0.525. The van der Waals surface area contributed by atoms with Gasteiger partial charge in [-0.1, -0.05) is 12.1 Å². The van der Waals surface area contributed by atoms with Gasteiger partial charge in [0.25, 0.3) is 5.91 Å². The molecule has 0 saturated carbocycles. The van der Waals surface area contributed by atoms with Crippen LogP contribution in [0, 0.1) is 0 Å². The molecule has 1 aromatic carbocycles. The highest BCUT2D eigenvalue weighted by molar-refractivity contribution is 7.88. The first-order valence-electron chi connectivity index (χ1n) is 11.0. The monoisotopic (exact) mass is 458 g/mol. The second kappa shape index (κ2) is 9.43. The van der Waals surface area contributed by atoms with Gasteiger partial charge in [-0.25, -0.2) is 13.4 Å². The Morgan fingerprint density at radius 3 is 2.88 bits per heavy atom. The van der Waals surface area contributed by atoms with Crippen molar-refractivity contribution in [3.05, 3.63) is 47.4 Å². The van der Waals surface area contributed by atoms with Gasteiger partial charge >= 0.3 is 0 Å². The number of aromatic nitrogens is 2. The van der Waals surface area contributed by atoms with Crippen LogP contribution in [-0.4, -0.2) is 54.3 Å². The average molecular weight is 459 g/mol. The number of allylic oxidation sites excluding steroid dienone is 2. The molecule has 2 aromatic rings. The van der Waals surface area contributed by atoms with Gasteiger partial charge in [0.1, 0.15) is 5.82 Å². The highest BCUT2D eigenvalue weighted by Gasteiger charge is 2.27. The molecule has 5 N–H and O–H groups in total. The number of nitrogens with zero attached hydrogens (tertiary/aromatic N) is 2. The van der Waals surface area contributed by atoms with Gasteiger partial charge < -0.3 is 21.4 Å². The van der Waals surface area contributed by atoms with Crippen LogP contribution in [0.4, 0.5) is 11.5 Å². The average Bonchev–Trinajstić information content (AvgIpc) is 3.22. The maximum atomic E-state index is 13.0. The number of amides is 1. The highest BCUT2D eigenvalue weighted by Crippen LogP contribution is 2.33. The number of nitrogens with one attached hydrogen (secondary N) is 3. The van der Waals surface area contributed by atoms with E-state index in [-0.39, 0.29) is 23.4 Å². The number of benzene rings is 1. The summed E-state index contributed by atoms with van der Waals surface area (Å²) in [5.41, 5.74) is 8.94. The van der Waals surface area contributed by atoms with Crippen LogP contribution in [0.1, 0.15) is 54.4 Å². The van der Waals surface area contributed by atoms with Gasteiger partial charge in [0.05, 0.1) is 5.75 Å². The molecule has 1 aromatic heterocycles. The predicted molar refractivity (Wildman–Crippen MR) is 126 cm³/mol. The Labute approximate surface area is 188 Å². The first-order chi connectivity index (χ1) is 15.3. The molecule has 1 saturated heterocycles. The first kappa shape index (κ1) is 22.5. The summed E-state index contributed by atoms with van der Waals surface area (Å²) < 4.78 is 27.6. The van der Waals surface area contributed by atoms with Crippen molar-refractivity contribution >= 4 is 33.0 Å². The van der Waals surface area contributed by atoms with Crippen molar-refractivity contribution in [3.63, 3.8) is 0 Å². The van der Waals surface area contributed by atoms with Crippen molar-refractivity contribution in [2.75, 3.05) is 30.7 Å². The Bertz CT molecular complexity index is 1120. The van der Waals surface area contributed by atoms with Crippen LogP contribution in [0.5, 0.6) is 0 Å². The number of imidazole rings is 1. The van der Waals surface area contributed by atoms with Crippen LogP contribution in [0.2, 0.25) is 0 Å². The number of carbonyl (C=O) groups is 1. The molecule has 32 heavy (non-hydrogen) atoms. The molecular weight excluding hydrogens is 428 g/mol. The van der Waals surface area contributed by atoms with Gasteiger partial charge in [-0.15, -0.1) is 0 Å². The van der Waals surface area contributed by atoms with Crippen molar-refractivity contribution in [1.82, 2.24) is 19.6 Å². The summed E-state index contributed by atoms with van der Waals surface area (Å²) in [7, 11) is -3.44. The molecule has 10 heteroatoms. The van der Waals surface area contributed by atoms with Gasteiger partial charge in [-0.3, -0.25) is 4.79 Å². The van der Waals surface area contributed by atoms with Crippen LogP contribution in [0.3, 0.4) is 0 Å². The fourth-order valence-electron chi connectivity index (χ4n) is 4.22. The topological polar surface area (TPSA) is 133 Å². The van der Waals surface area contributed by atoms with Crippen molar-refractivity contribution in [1.29, 1.82) is 0 Å². The number of nitrogen functional groups attached to an aromatic ring is 1. The van der Waals surface area contributed by atoms with E-state index in [1.54, 1.807) is 16.4 Å². The number of aromatic amines is 1. The number of nitrogens with two attached hydrogens (primary N) is 1. The molecule has 0 spiro atoms. The largest absolute Gasteiger partial charge is 0.382 e. The van der Waals surface area contributed by atoms with E-state index in [4.69, 9.17) is 5.73 Å². The van der Waals surface area contributed by atoms with Crippen LogP contribution in [-0.2, 0) is 15.8 Å². The van der Waals surface area contributed by atoms with Crippen molar-refractivity contribution in [2.24, 2.45) is 0 Å². The molecule has 1 fully saturated rings. The van der Waals surface area contributed by atoms with Crippen LogP contribution in [0.15, 0.2) is 30.5 Å². The van der Waals surface area contributed by atoms with Crippen LogP contribution < -0.4 is 16.4 Å². The molecule has 2 aliphatic rings. The van der Waals surface area contributed by atoms with Gasteiger partial charge in [0.15, 0.2) is 5.82 Å². The standard InChI is InChI=1S/C22H30N6O3S/c1-15-13-28(10-9-24-15)32(30,31)14-16-7-8-19(18(11-16)17-5-3-2-4-6-17)26-22(29)21-25-12-20(23)27-21/h5,7-8,11-12,15,24H,2-4,6,9-10,13-14,23H2,1H3,(H,25,27)(H,26,29)/t15-/m1/s1. The number of piperazine rings is 1. The number of carbonyl (C=O) groups excluding carboxylic acids is 1. The van der Waals surface area contributed by atoms with E-state index in [2.05, 4.69) is 26.7 Å². The smallest absolute Gasteiger partial charge is 0.291 e. The molecule has 9 nitrogen and oxygen atoms in total. The van der Waals surface area contributed by atoms with E-state index >= 15 is 0 Å². The predicted octanol–water partition coefficient (Wildman–Crippen LogP) is 2.33. The number of anilines is 2. The van der Waals surface area contributed by atoms with Gasteiger partial charge in [0.2, 0.25) is 10.0 Å². The molecule has 0 unspecified atom stereocenters. The summed E-state index contributed by atoms with van der Waals surface area (Å²) in [5.74, 6) is -0.0867. The van der Waals surface area contributed by atoms with Crippen LogP contribution >= 0.6 is 0 Å². The molecule has 1 aliphatic heterocycles. The van der Waals surface area contributed by atoms with Crippen molar-refractivity contribution in [3.8, 4) is 0 Å². The molecule has 1 atom stereocenters. The molecule has 0 radical (unpaired) electrons. The third-order valence-corrected chi connectivity index (χ3v) is 7.67. The molecule has 172 valence electrons. The Hall–Kier alpha value is -2.69. The molecule has 1 aliphatic carbocycles. The van der Waals surface area contributed by atoms with E-state index in [0.717, 1.165) is 36.8 Å². The van der Waals surface area contributed by atoms with E-state index in [9.17, 15) is 13.2 Å². The van der Waals surface area contributed by atoms with Gasteiger partial charge in [0, 0.05) is 43.1 Å². The van der Waals surface area contributed by atoms with Crippen molar-refractivity contribution < 1.29 is 13.2 Å². The fourth-order valence-corrected chi connectivity index (χ4v) is 5.83. The second-order valence-electron chi connectivity index (χ2n) is 8.45. The zero-order valence-electron chi connectivity index (χ0n) is 18.2. The van der Waals surface area contributed by atoms with E-state index < -0.39 is 15.9 Å². The summed E-state index contributed by atoms with van der Waals surface area (Å²) in [6.07, 6.45) is 7.70. The molecule has 4 rings (SSSR count). The number of H-pyrrole nitrogens is 1. The minimum absolute atomic E-state index is 0.0665. The summed E-state index contributed by atoms with van der Waals surface area (Å²) in [6.45, 7) is 3.59. The molecule has 1 amide bonds. The Morgan fingerprint density at radius 2 is 2.19 bits per heavy atom. The van der Waals surface area contributed by atoms with Gasteiger partial charge in [-0.05, 0) is 55.9 Å². The van der Waals surface area contributed by atoms with E-state index in [1.165, 1.54) is 6.20 Å². The number of sulfonamides is 1. The number of hydrogen-bond donors (Lipinski definition) is 4. The molecule has 2 heterocycles. The highest BCUT2D eigenvalue weighted by atomic mass is 32.2.